The van der Waals surface area contributed by atoms with Gasteiger partial charge >= 0.3 is 0 Å². The molecule has 23 heavy (non-hydrogen) atoms. The summed E-state index contributed by atoms with van der Waals surface area (Å²) in [6, 6.07) is 14.9. The third-order valence-corrected chi connectivity index (χ3v) is 4.21. The SMILES string of the molecule is CCC(C)c1ccccc1OC(C)CNc1cc(C)cc(C)c1. The molecule has 2 rings (SSSR count). The van der Waals surface area contributed by atoms with E-state index in [-0.39, 0.29) is 6.10 Å². The average molecular weight is 311 g/mol. The first-order valence-corrected chi connectivity index (χ1v) is 8.57. The van der Waals surface area contributed by atoms with Crippen molar-refractivity contribution in [3.05, 3.63) is 59.2 Å². The molecule has 0 radical (unpaired) electrons. The van der Waals surface area contributed by atoms with Gasteiger partial charge < -0.3 is 10.1 Å². The first-order valence-electron chi connectivity index (χ1n) is 8.57. The second-order valence-electron chi connectivity index (χ2n) is 6.53. The zero-order valence-corrected chi connectivity index (χ0v) is 15.0. The fourth-order valence-corrected chi connectivity index (χ4v) is 2.81. The van der Waals surface area contributed by atoms with Gasteiger partial charge in [-0.2, -0.15) is 0 Å². The molecule has 2 nitrogen and oxygen atoms in total. The van der Waals surface area contributed by atoms with Crippen LogP contribution in [-0.4, -0.2) is 12.6 Å². The van der Waals surface area contributed by atoms with Gasteiger partial charge in [0.15, 0.2) is 0 Å². The molecule has 0 fully saturated rings. The minimum absolute atomic E-state index is 0.112. The topological polar surface area (TPSA) is 21.3 Å². The number of rotatable bonds is 7. The Bertz CT molecular complexity index is 615. The fraction of sp³-hybridized carbons (Fsp3) is 0.429. The Kier molecular flexibility index (Phi) is 6.09. The lowest BCUT2D eigenvalue weighted by molar-refractivity contribution is 0.231. The first-order chi connectivity index (χ1) is 11.0. The minimum atomic E-state index is 0.112. The highest BCUT2D eigenvalue weighted by Gasteiger charge is 2.12. The zero-order chi connectivity index (χ0) is 16.8. The lowest BCUT2D eigenvalue weighted by Gasteiger charge is -2.21. The molecule has 1 N–H and O–H groups in total. The second kappa shape index (κ2) is 8.05. The van der Waals surface area contributed by atoms with Crippen molar-refractivity contribution < 1.29 is 4.74 Å². The van der Waals surface area contributed by atoms with E-state index in [2.05, 4.69) is 76.3 Å². The van der Waals surface area contributed by atoms with Crippen molar-refractivity contribution in [2.45, 2.75) is 53.1 Å². The Morgan fingerprint density at radius 3 is 2.30 bits per heavy atom. The van der Waals surface area contributed by atoms with Crippen molar-refractivity contribution in [2.75, 3.05) is 11.9 Å². The highest BCUT2D eigenvalue weighted by atomic mass is 16.5. The van der Waals surface area contributed by atoms with Gasteiger partial charge in [-0.25, -0.2) is 0 Å². The quantitative estimate of drug-likeness (QED) is 0.708. The van der Waals surface area contributed by atoms with Gasteiger partial charge in [-0.3, -0.25) is 0 Å². The first kappa shape index (κ1) is 17.4. The molecule has 2 unspecified atom stereocenters. The van der Waals surface area contributed by atoms with Crippen molar-refractivity contribution in [3.8, 4) is 5.75 Å². The maximum atomic E-state index is 6.19. The maximum absolute atomic E-state index is 6.19. The molecule has 2 aromatic carbocycles. The molecule has 124 valence electrons. The standard InChI is InChI=1S/C21H29NO/c1-6-17(4)20-9-7-8-10-21(20)23-18(5)14-22-19-12-15(2)11-16(3)13-19/h7-13,17-18,22H,6,14H2,1-5H3. The summed E-state index contributed by atoms with van der Waals surface area (Å²) in [5, 5.41) is 3.48. The van der Waals surface area contributed by atoms with Crippen LogP contribution >= 0.6 is 0 Å². The summed E-state index contributed by atoms with van der Waals surface area (Å²) in [7, 11) is 0. The third kappa shape index (κ3) is 5.02. The highest BCUT2D eigenvalue weighted by molar-refractivity contribution is 5.48. The predicted molar refractivity (Wildman–Crippen MR) is 99.6 cm³/mol. The number of anilines is 1. The van der Waals surface area contributed by atoms with Gasteiger partial charge in [0.05, 0.1) is 6.54 Å². The van der Waals surface area contributed by atoms with E-state index in [4.69, 9.17) is 4.74 Å². The summed E-state index contributed by atoms with van der Waals surface area (Å²) >= 11 is 0. The number of hydrogen-bond donors (Lipinski definition) is 1. The Morgan fingerprint density at radius 2 is 1.65 bits per heavy atom. The van der Waals surface area contributed by atoms with Crippen LogP contribution in [0.25, 0.3) is 0 Å². The van der Waals surface area contributed by atoms with E-state index in [1.807, 2.05) is 6.07 Å². The third-order valence-electron chi connectivity index (χ3n) is 4.21. The lowest BCUT2D eigenvalue weighted by atomic mass is 9.98. The van der Waals surface area contributed by atoms with Crippen LogP contribution in [0.1, 0.15) is 49.8 Å². The van der Waals surface area contributed by atoms with Crippen LogP contribution in [0.3, 0.4) is 0 Å². The Balaban J connectivity index is 1.98. The maximum Gasteiger partial charge on any atom is 0.123 e. The van der Waals surface area contributed by atoms with Crippen molar-refractivity contribution in [2.24, 2.45) is 0 Å². The van der Waals surface area contributed by atoms with E-state index in [1.54, 1.807) is 0 Å². The molecule has 2 atom stereocenters. The number of para-hydroxylation sites is 1. The molecule has 0 aromatic heterocycles. The summed E-state index contributed by atoms with van der Waals surface area (Å²) in [5.41, 5.74) is 5.02. The number of ether oxygens (including phenoxy) is 1. The summed E-state index contributed by atoms with van der Waals surface area (Å²) in [4.78, 5) is 0. The van der Waals surface area contributed by atoms with Gasteiger partial charge in [0.2, 0.25) is 0 Å². The molecule has 0 amide bonds. The van der Waals surface area contributed by atoms with Crippen LogP contribution in [0, 0.1) is 13.8 Å². The Labute approximate surface area is 140 Å². The van der Waals surface area contributed by atoms with Crippen LogP contribution in [0.5, 0.6) is 5.75 Å². The van der Waals surface area contributed by atoms with E-state index < -0.39 is 0 Å². The number of aryl methyl sites for hydroxylation is 2. The summed E-state index contributed by atoms with van der Waals surface area (Å²) in [5.74, 6) is 1.53. The molecule has 0 saturated carbocycles. The summed E-state index contributed by atoms with van der Waals surface area (Å²) in [6.45, 7) is 11.6. The molecule has 2 aromatic rings. The van der Waals surface area contributed by atoms with Crippen LogP contribution in [0.4, 0.5) is 5.69 Å². The van der Waals surface area contributed by atoms with Crippen LogP contribution in [0.2, 0.25) is 0 Å². The molecule has 0 saturated heterocycles. The van der Waals surface area contributed by atoms with Gasteiger partial charge in [-0.1, -0.05) is 38.1 Å². The lowest BCUT2D eigenvalue weighted by Crippen LogP contribution is -2.23. The number of nitrogens with one attached hydrogen (secondary N) is 1. The fourth-order valence-electron chi connectivity index (χ4n) is 2.81. The van der Waals surface area contributed by atoms with Gasteiger partial charge in [0.1, 0.15) is 11.9 Å². The summed E-state index contributed by atoms with van der Waals surface area (Å²) < 4.78 is 6.19. The van der Waals surface area contributed by atoms with Crippen molar-refractivity contribution in [1.29, 1.82) is 0 Å². The normalized spacial score (nSPS) is 13.4. The smallest absolute Gasteiger partial charge is 0.123 e. The van der Waals surface area contributed by atoms with Gasteiger partial charge in [-0.15, -0.1) is 0 Å². The monoisotopic (exact) mass is 311 g/mol. The van der Waals surface area contributed by atoms with Crippen LogP contribution < -0.4 is 10.1 Å². The van der Waals surface area contributed by atoms with E-state index in [9.17, 15) is 0 Å². The number of hydrogen-bond acceptors (Lipinski definition) is 2. The minimum Gasteiger partial charge on any atom is -0.489 e. The van der Waals surface area contributed by atoms with E-state index in [0.29, 0.717) is 5.92 Å². The van der Waals surface area contributed by atoms with Gasteiger partial charge in [-0.05, 0) is 68.0 Å². The molecule has 0 aliphatic heterocycles. The Hall–Kier alpha value is -1.96. The number of benzene rings is 2. The van der Waals surface area contributed by atoms with Crippen molar-refractivity contribution in [1.82, 2.24) is 0 Å². The zero-order valence-electron chi connectivity index (χ0n) is 15.0. The largest absolute Gasteiger partial charge is 0.489 e. The van der Waals surface area contributed by atoms with Crippen LogP contribution in [-0.2, 0) is 0 Å². The molecule has 2 heteroatoms. The van der Waals surface area contributed by atoms with E-state index in [0.717, 1.165) is 24.4 Å². The van der Waals surface area contributed by atoms with E-state index >= 15 is 0 Å². The van der Waals surface area contributed by atoms with Crippen LogP contribution in [0.15, 0.2) is 42.5 Å². The highest BCUT2D eigenvalue weighted by Crippen LogP contribution is 2.29. The molecular formula is C21H29NO. The second-order valence-corrected chi connectivity index (χ2v) is 6.53. The molecular weight excluding hydrogens is 282 g/mol. The predicted octanol–water partition coefficient (Wildman–Crippen LogP) is 5.70. The Morgan fingerprint density at radius 1 is 1.00 bits per heavy atom. The molecule has 0 aliphatic carbocycles. The van der Waals surface area contributed by atoms with Crippen molar-refractivity contribution in [3.63, 3.8) is 0 Å². The van der Waals surface area contributed by atoms with Gasteiger partial charge in [0, 0.05) is 5.69 Å². The van der Waals surface area contributed by atoms with Gasteiger partial charge in [0.25, 0.3) is 0 Å². The molecule has 0 bridgehead atoms. The summed E-state index contributed by atoms with van der Waals surface area (Å²) in [6.07, 6.45) is 1.23. The van der Waals surface area contributed by atoms with Crippen molar-refractivity contribution >= 4 is 5.69 Å². The molecule has 0 aliphatic rings. The van der Waals surface area contributed by atoms with E-state index in [1.165, 1.54) is 16.7 Å². The molecule has 0 heterocycles. The molecule has 0 spiro atoms. The average Bonchev–Trinajstić information content (AvgIpc) is 2.52.